The SMILES string of the molecule is C=C(CC(C)(C)C)C(C)([B]C)CC. The summed E-state index contributed by atoms with van der Waals surface area (Å²) >= 11 is 0. The zero-order valence-electron chi connectivity index (χ0n) is 10.2. The van der Waals surface area contributed by atoms with Crippen molar-refractivity contribution >= 4 is 7.28 Å². The van der Waals surface area contributed by atoms with E-state index in [0.717, 1.165) is 12.8 Å². The molecule has 0 aliphatic carbocycles. The normalized spacial score (nSPS) is 16.5. The van der Waals surface area contributed by atoms with Crippen LogP contribution in [0.5, 0.6) is 0 Å². The summed E-state index contributed by atoms with van der Waals surface area (Å²) in [6.45, 7) is 17.7. The van der Waals surface area contributed by atoms with Crippen LogP contribution >= 0.6 is 0 Å². The van der Waals surface area contributed by atoms with Crippen molar-refractivity contribution in [1.82, 2.24) is 0 Å². The highest BCUT2D eigenvalue weighted by Gasteiger charge is 2.26. The average Bonchev–Trinajstić information content (AvgIpc) is 2.00. The van der Waals surface area contributed by atoms with E-state index in [1.807, 2.05) is 0 Å². The van der Waals surface area contributed by atoms with Gasteiger partial charge in [0.15, 0.2) is 0 Å². The predicted octanol–water partition coefficient (Wildman–Crippen LogP) is 4.32. The molecule has 0 rings (SSSR count). The summed E-state index contributed by atoms with van der Waals surface area (Å²) in [7, 11) is 2.28. The van der Waals surface area contributed by atoms with Crippen molar-refractivity contribution in [3.8, 4) is 0 Å². The van der Waals surface area contributed by atoms with E-state index >= 15 is 0 Å². The predicted molar refractivity (Wildman–Crippen MR) is 63.5 cm³/mol. The molecule has 0 aromatic heterocycles. The summed E-state index contributed by atoms with van der Waals surface area (Å²) in [4.78, 5) is 0. The lowest BCUT2D eigenvalue weighted by Gasteiger charge is -2.33. The molecule has 0 aromatic rings. The maximum Gasteiger partial charge on any atom is 0.119 e. The van der Waals surface area contributed by atoms with Gasteiger partial charge in [-0.3, -0.25) is 0 Å². The molecule has 75 valence electrons. The van der Waals surface area contributed by atoms with Crippen molar-refractivity contribution < 1.29 is 0 Å². The fourth-order valence-electron chi connectivity index (χ4n) is 1.50. The van der Waals surface area contributed by atoms with E-state index in [2.05, 4.69) is 55.3 Å². The first kappa shape index (κ1) is 12.8. The van der Waals surface area contributed by atoms with Gasteiger partial charge in [-0.2, -0.15) is 0 Å². The van der Waals surface area contributed by atoms with Crippen molar-refractivity contribution in [2.45, 2.75) is 59.6 Å². The third kappa shape index (κ3) is 4.02. The Balaban J connectivity index is 4.41. The minimum absolute atomic E-state index is 0.229. The van der Waals surface area contributed by atoms with Gasteiger partial charge in [0.05, 0.1) is 0 Å². The molecule has 0 aliphatic rings. The Morgan fingerprint density at radius 1 is 1.23 bits per heavy atom. The number of rotatable bonds is 4. The molecular formula is C12H24B. The van der Waals surface area contributed by atoms with Crippen LogP contribution in [0.4, 0.5) is 0 Å². The summed E-state index contributed by atoms with van der Waals surface area (Å²) in [5, 5.41) is 0.229. The van der Waals surface area contributed by atoms with Crippen LogP contribution in [0.3, 0.4) is 0 Å². The molecule has 0 amide bonds. The molecule has 0 saturated heterocycles. The second-order valence-electron chi connectivity index (χ2n) is 5.40. The van der Waals surface area contributed by atoms with Gasteiger partial charge in [-0.1, -0.05) is 53.4 Å². The second kappa shape index (κ2) is 4.35. The Morgan fingerprint density at radius 3 is 1.92 bits per heavy atom. The van der Waals surface area contributed by atoms with Crippen LogP contribution in [0, 0.1) is 5.41 Å². The minimum atomic E-state index is 0.229. The summed E-state index contributed by atoms with van der Waals surface area (Å²) < 4.78 is 0. The lowest BCUT2D eigenvalue weighted by atomic mass is 9.49. The smallest absolute Gasteiger partial charge is 0.100 e. The van der Waals surface area contributed by atoms with Gasteiger partial charge in [0.25, 0.3) is 0 Å². The van der Waals surface area contributed by atoms with Gasteiger partial charge in [-0.15, -0.1) is 6.58 Å². The number of hydrogen-bond acceptors (Lipinski definition) is 0. The Hall–Kier alpha value is -0.195. The minimum Gasteiger partial charge on any atom is -0.100 e. The zero-order chi connectivity index (χ0) is 10.7. The summed E-state index contributed by atoms with van der Waals surface area (Å²) in [6, 6.07) is 0. The molecule has 0 fully saturated rings. The van der Waals surface area contributed by atoms with E-state index in [1.165, 1.54) is 5.57 Å². The molecule has 1 radical (unpaired) electrons. The molecule has 1 unspecified atom stereocenters. The average molecular weight is 179 g/mol. The molecule has 0 aliphatic heterocycles. The van der Waals surface area contributed by atoms with Crippen LogP contribution in [-0.2, 0) is 0 Å². The van der Waals surface area contributed by atoms with Crippen molar-refractivity contribution in [3.05, 3.63) is 12.2 Å². The zero-order valence-corrected chi connectivity index (χ0v) is 10.2. The van der Waals surface area contributed by atoms with Crippen molar-refractivity contribution in [1.29, 1.82) is 0 Å². The van der Waals surface area contributed by atoms with Gasteiger partial charge in [-0.05, 0) is 17.2 Å². The van der Waals surface area contributed by atoms with Crippen molar-refractivity contribution in [2.75, 3.05) is 0 Å². The van der Waals surface area contributed by atoms with Crippen molar-refractivity contribution in [3.63, 3.8) is 0 Å². The second-order valence-corrected chi connectivity index (χ2v) is 5.40. The van der Waals surface area contributed by atoms with E-state index in [9.17, 15) is 0 Å². The van der Waals surface area contributed by atoms with Crippen LogP contribution in [-0.4, -0.2) is 7.28 Å². The molecule has 1 atom stereocenters. The molecular weight excluding hydrogens is 155 g/mol. The third-order valence-electron chi connectivity index (χ3n) is 2.92. The Bertz CT molecular complexity index is 170. The highest BCUT2D eigenvalue weighted by atomic mass is 14.3. The number of allylic oxidation sites excluding steroid dienone is 1. The van der Waals surface area contributed by atoms with Crippen LogP contribution in [0.2, 0.25) is 12.1 Å². The monoisotopic (exact) mass is 179 g/mol. The summed E-state index contributed by atoms with van der Waals surface area (Å²) in [6.07, 6.45) is 2.26. The molecule has 13 heavy (non-hydrogen) atoms. The lowest BCUT2D eigenvalue weighted by Crippen LogP contribution is -2.20. The van der Waals surface area contributed by atoms with Gasteiger partial charge in [-0.25, -0.2) is 0 Å². The molecule has 0 nitrogen and oxygen atoms in total. The Kier molecular flexibility index (Phi) is 4.28. The van der Waals surface area contributed by atoms with E-state index in [4.69, 9.17) is 0 Å². The van der Waals surface area contributed by atoms with Gasteiger partial charge in [0, 0.05) is 0 Å². The Labute approximate surface area is 85.1 Å². The van der Waals surface area contributed by atoms with Gasteiger partial charge in [0.1, 0.15) is 7.28 Å². The molecule has 1 heteroatoms. The largest absolute Gasteiger partial charge is 0.119 e. The fraction of sp³-hybridized carbons (Fsp3) is 0.833. The quantitative estimate of drug-likeness (QED) is 0.445. The fourth-order valence-corrected chi connectivity index (χ4v) is 1.50. The van der Waals surface area contributed by atoms with Gasteiger partial charge < -0.3 is 0 Å². The maximum absolute atomic E-state index is 4.22. The first-order chi connectivity index (χ1) is 5.75. The third-order valence-corrected chi connectivity index (χ3v) is 2.92. The van der Waals surface area contributed by atoms with Gasteiger partial charge >= 0.3 is 0 Å². The van der Waals surface area contributed by atoms with E-state index in [0.29, 0.717) is 5.41 Å². The first-order valence-electron chi connectivity index (χ1n) is 5.24. The molecule has 0 saturated carbocycles. The van der Waals surface area contributed by atoms with Crippen LogP contribution < -0.4 is 0 Å². The topological polar surface area (TPSA) is 0 Å². The lowest BCUT2D eigenvalue weighted by molar-refractivity contribution is 0.392. The molecule has 0 spiro atoms. The van der Waals surface area contributed by atoms with Crippen molar-refractivity contribution in [2.24, 2.45) is 5.41 Å². The van der Waals surface area contributed by atoms with Crippen LogP contribution in [0.25, 0.3) is 0 Å². The molecule has 0 heterocycles. The Morgan fingerprint density at radius 2 is 1.69 bits per heavy atom. The highest BCUT2D eigenvalue weighted by Crippen LogP contribution is 2.42. The maximum atomic E-state index is 4.22. The highest BCUT2D eigenvalue weighted by molar-refractivity contribution is 6.39. The molecule has 0 N–H and O–H groups in total. The molecule has 0 aromatic carbocycles. The standard InChI is InChI=1S/C12H24B/c1-8-12(6,13-7)10(2)9-11(3,4)5/h2,8-9H2,1,3-7H3. The van der Waals surface area contributed by atoms with E-state index < -0.39 is 0 Å². The van der Waals surface area contributed by atoms with E-state index in [1.54, 1.807) is 0 Å². The van der Waals surface area contributed by atoms with Gasteiger partial charge in [0.2, 0.25) is 0 Å². The van der Waals surface area contributed by atoms with E-state index in [-0.39, 0.29) is 5.31 Å². The summed E-state index contributed by atoms with van der Waals surface area (Å²) in [5.74, 6) is 0. The van der Waals surface area contributed by atoms with Crippen LogP contribution in [0.15, 0.2) is 12.2 Å². The number of hydrogen-bond donors (Lipinski definition) is 0. The first-order valence-corrected chi connectivity index (χ1v) is 5.24. The summed E-state index contributed by atoms with van der Waals surface area (Å²) in [5.41, 5.74) is 1.72. The van der Waals surface area contributed by atoms with Crippen LogP contribution in [0.1, 0.15) is 47.5 Å². The molecule has 0 bridgehead atoms.